The van der Waals surface area contributed by atoms with Crippen LogP contribution < -0.4 is 0 Å². The molecule has 0 N–H and O–H groups in total. The molecule has 1 aromatic carbocycles. The Morgan fingerprint density at radius 3 is 2.81 bits per heavy atom. The van der Waals surface area contributed by atoms with Gasteiger partial charge in [0.2, 0.25) is 0 Å². The topological polar surface area (TPSA) is 36.7 Å². The molecule has 1 heterocycles. The van der Waals surface area contributed by atoms with Crippen LogP contribution in [-0.4, -0.2) is 4.98 Å². The molecule has 0 bridgehead atoms. The Morgan fingerprint density at radius 2 is 2.12 bits per heavy atom. The maximum Gasteiger partial charge on any atom is 0.0777 e. The Morgan fingerprint density at radius 1 is 1.38 bits per heavy atom. The van der Waals surface area contributed by atoms with Crippen molar-refractivity contribution in [1.82, 2.24) is 4.98 Å². The predicted molar refractivity (Wildman–Crippen MR) is 65.5 cm³/mol. The zero-order chi connectivity index (χ0) is 11.7. The fourth-order valence-corrected chi connectivity index (χ4v) is 1.91. The van der Waals surface area contributed by atoms with Gasteiger partial charge in [-0.25, -0.2) is 0 Å². The Kier molecular flexibility index (Phi) is 2.80. The van der Waals surface area contributed by atoms with Crippen molar-refractivity contribution < 1.29 is 0 Å². The molecule has 80 valence electrons. The third kappa shape index (κ3) is 1.75. The smallest absolute Gasteiger partial charge is 0.0777 e. The molecule has 0 saturated heterocycles. The summed E-state index contributed by atoms with van der Waals surface area (Å²) in [5.74, 6) is 0. The van der Waals surface area contributed by atoms with Crippen molar-refractivity contribution in [3.05, 3.63) is 40.0 Å². The first-order valence-corrected chi connectivity index (χ1v) is 5.43. The number of aromatic nitrogens is 1. The standard InChI is InChI=1S/C13H11ClN2/c1-8-7-10-3-4-11(14)9(2)13(10)16-12(8)5-6-15/h3-4,7H,5H2,1-2H3. The van der Waals surface area contributed by atoms with Crippen LogP contribution in [0.1, 0.15) is 16.8 Å². The van der Waals surface area contributed by atoms with Crippen LogP contribution in [0.15, 0.2) is 18.2 Å². The minimum Gasteiger partial charge on any atom is -0.251 e. The van der Waals surface area contributed by atoms with Crippen LogP contribution >= 0.6 is 11.6 Å². The summed E-state index contributed by atoms with van der Waals surface area (Å²) >= 11 is 6.05. The lowest BCUT2D eigenvalue weighted by atomic mass is 10.1. The maximum absolute atomic E-state index is 8.72. The van der Waals surface area contributed by atoms with E-state index in [0.29, 0.717) is 11.4 Å². The lowest BCUT2D eigenvalue weighted by Gasteiger charge is -2.07. The van der Waals surface area contributed by atoms with Crippen molar-refractivity contribution in [2.75, 3.05) is 0 Å². The average Bonchev–Trinajstić information content (AvgIpc) is 2.26. The fraction of sp³-hybridized carbons (Fsp3) is 0.231. The lowest BCUT2D eigenvalue weighted by molar-refractivity contribution is 1.10. The van der Waals surface area contributed by atoms with Crippen LogP contribution in [0.25, 0.3) is 10.9 Å². The number of nitriles is 1. The second kappa shape index (κ2) is 4.11. The maximum atomic E-state index is 8.72. The molecule has 0 saturated carbocycles. The van der Waals surface area contributed by atoms with E-state index in [9.17, 15) is 0 Å². The summed E-state index contributed by atoms with van der Waals surface area (Å²) in [5, 5.41) is 10.5. The van der Waals surface area contributed by atoms with Crippen molar-refractivity contribution >= 4 is 22.5 Å². The summed E-state index contributed by atoms with van der Waals surface area (Å²) in [4.78, 5) is 4.52. The van der Waals surface area contributed by atoms with E-state index in [2.05, 4.69) is 17.1 Å². The minimum atomic E-state index is 0.341. The van der Waals surface area contributed by atoms with E-state index in [0.717, 1.165) is 27.7 Å². The zero-order valence-electron chi connectivity index (χ0n) is 9.21. The number of nitrogens with zero attached hydrogens (tertiary/aromatic N) is 2. The number of rotatable bonds is 1. The molecule has 3 heteroatoms. The van der Waals surface area contributed by atoms with Gasteiger partial charge in [-0.1, -0.05) is 17.7 Å². The Hall–Kier alpha value is -1.59. The molecule has 0 atom stereocenters. The van der Waals surface area contributed by atoms with Crippen LogP contribution in [-0.2, 0) is 6.42 Å². The van der Waals surface area contributed by atoms with Gasteiger partial charge in [0.1, 0.15) is 0 Å². The van der Waals surface area contributed by atoms with E-state index in [-0.39, 0.29) is 0 Å². The highest BCUT2D eigenvalue weighted by molar-refractivity contribution is 6.32. The number of halogens is 1. The number of hydrogen-bond acceptors (Lipinski definition) is 2. The largest absolute Gasteiger partial charge is 0.251 e. The normalized spacial score (nSPS) is 10.4. The third-order valence-corrected chi connectivity index (χ3v) is 3.13. The van der Waals surface area contributed by atoms with Gasteiger partial charge in [0, 0.05) is 10.4 Å². The van der Waals surface area contributed by atoms with Gasteiger partial charge in [-0.05, 0) is 37.1 Å². The number of benzene rings is 1. The minimum absolute atomic E-state index is 0.341. The van der Waals surface area contributed by atoms with Crippen molar-refractivity contribution in [2.24, 2.45) is 0 Å². The van der Waals surface area contributed by atoms with Crippen molar-refractivity contribution in [3.63, 3.8) is 0 Å². The highest BCUT2D eigenvalue weighted by Crippen LogP contribution is 2.25. The van der Waals surface area contributed by atoms with E-state index in [4.69, 9.17) is 16.9 Å². The summed E-state index contributed by atoms with van der Waals surface area (Å²) in [6, 6.07) is 8.02. The van der Waals surface area contributed by atoms with Gasteiger partial charge in [0.15, 0.2) is 0 Å². The lowest BCUT2D eigenvalue weighted by Crippen LogP contribution is -1.95. The van der Waals surface area contributed by atoms with Gasteiger partial charge >= 0.3 is 0 Å². The Balaban J connectivity index is 2.76. The quantitative estimate of drug-likeness (QED) is 0.751. The first-order valence-electron chi connectivity index (χ1n) is 5.05. The molecule has 0 aliphatic carbocycles. The summed E-state index contributed by atoms with van der Waals surface area (Å²) in [7, 11) is 0. The van der Waals surface area contributed by atoms with Gasteiger partial charge < -0.3 is 0 Å². The number of hydrogen-bond donors (Lipinski definition) is 0. The number of fused-ring (bicyclic) bond motifs is 1. The van der Waals surface area contributed by atoms with E-state index in [1.54, 1.807) is 0 Å². The third-order valence-electron chi connectivity index (χ3n) is 2.72. The van der Waals surface area contributed by atoms with E-state index in [1.807, 2.05) is 26.0 Å². The molecule has 0 spiro atoms. The fourth-order valence-electron chi connectivity index (χ4n) is 1.75. The average molecular weight is 231 g/mol. The van der Waals surface area contributed by atoms with E-state index < -0.39 is 0 Å². The Bertz CT molecular complexity index is 597. The number of aryl methyl sites for hydroxylation is 2. The van der Waals surface area contributed by atoms with Crippen molar-refractivity contribution in [3.8, 4) is 6.07 Å². The van der Waals surface area contributed by atoms with E-state index >= 15 is 0 Å². The molecular weight excluding hydrogens is 220 g/mol. The van der Waals surface area contributed by atoms with Crippen LogP contribution in [0.2, 0.25) is 5.02 Å². The molecule has 0 aliphatic rings. The molecule has 2 nitrogen and oxygen atoms in total. The second-order valence-corrected chi connectivity index (χ2v) is 4.24. The van der Waals surface area contributed by atoms with Crippen molar-refractivity contribution in [1.29, 1.82) is 5.26 Å². The summed E-state index contributed by atoms with van der Waals surface area (Å²) < 4.78 is 0. The Labute approximate surface area is 99.5 Å². The number of pyridine rings is 1. The molecule has 1 aromatic heterocycles. The predicted octanol–water partition coefficient (Wildman–Crippen LogP) is 3.57. The van der Waals surface area contributed by atoms with Gasteiger partial charge in [0.25, 0.3) is 0 Å². The summed E-state index contributed by atoms with van der Waals surface area (Å²) in [6.45, 7) is 3.92. The second-order valence-electron chi connectivity index (χ2n) is 3.83. The molecule has 0 radical (unpaired) electrons. The van der Waals surface area contributed by atoms with Gasteiger partial charge in [-0.3, -0.25) is 4.98 Å². The summed E-state index contributed by atoms with van der Waals surface area (Å²) in [5.41, 5.74) is 3.75. The highest BCUT2D eigenvalue weighted by Gasteiger charge is 2.07. The van der Waals surface area contributed by atoms with E-state index in [1.165, 1.54) is 0 Å². The molecule has 0 fully saturated rings. The highest BCUT2D eigenvalue weighted by atomic mass is 35.5. The first kappa shape index (κ1) is 10.9. The summed E-state index contributed by atoms with van der Waals surface area (Å²) in [6.07, 6.45) is 0.341. The molecule has 0 unspecified atom stereocenters. The van der Waals surface area contributed by atoms with Gasteiger partial charge in [-0.2, -0.15) is 5.26 Å². The van der Waals surface area contributed by atoms with Crippen LogP contribution in [0.4, 0.5) is 0 Å². The molecule has 2 rings (SSSR count). The zero-order valence-corrected chi connectivity index (χ0v) is 9.97. The van der Waals surface area contributed by atoms with Gasteiger partial charge in [0.05, 0.1) is 23.7 Å². The van der Waals surface area contributed by atoms with Crippen LogP contribution in [0.3, 0.4) is 0 Å². The molecule has 0 aliphatic heterocycles. The van der Waals surface area contributed by atoms with Crippen molar-refractivity contribution in [2.45, 2.75) is 20.3 Å². The SMILES string of the molecule is Cc1cc2ccc(Cl)c(C)c2nc1CC#N. The monoisotopic (exact) mass is 230 g/mol. The van der Waals surface area contributed by atoms with Gasteiger partial charge in [-0.15, -0.1) is 0 Å². The molecular formula is C13H11ClN2. The van der Waals surface area contributed by atoms with Crippen LogP contribution in [0, 0.1) is 25.2 Å². The first-order chi connectivity index (χ1) is 7.63. The molecule has 2 aromatic rings. The van der Waals surface area contributed by atoms with Crippen LogP contribution in [0.5, 0.6) is 0 Å². The molecule has 0 amide bonds. The molecule has 16 heavy (non-hydrogen) atoms.